The molecular formula is C19H32N2O6S2. The SMILES string of the molecule is CCS(=O)(=O)O.CCS(=O)(=O)O.c1ccc2c(c1)CC1CN2CCN1CC1CC1. The van der Waals surface area contributed by atoms with Crippen molar-refractivity contribution in [3.63, 3.8) is 0 Å². The third kappa shape index (κ3) is 8.59. The lowest BCUT2D eigenvalue weighted by atomic mass is 9.94. The Morgan fingerprint density at radius 3 is 2.03 bits per heavy atom. The van der Waals surface area contributed by atoms with Gasteiger partial charge < -0.3 is 4.90 Å². The van der Waals surface area contributed by atoms with Crippen molar-refractivity contribution in [2.75, 3.05) is 42.6 Å². The van der Waals surface area contributed by atoms with Gasteiger partial charge in [0, 0.05) is 37.9 Å². The molecule has 1 aromatic carbocycles. The zero-order chi connectivity index (χ0) is 21.7. The largest absolute Gasteiger partial charge is 0.368 e. The van der Waals surface area contributed by atoms with E-state index in [1.165, 1.54) is 65.0 Å². The van der Waals surface area contributed by atoms with Crippen LogP contribution in [0.4, 0.5) is 5.69 Å². The predicted octanol–water partition coefficient (Wildman–Crippen LogP) is 1.93. The van der Waals surface area contributed by atoms with Gasteiger partial charge in [-0.2, -0.15) is 16.8 Å². The van der Waals surface area contributed by atoms with Crippen molar-refractivity contribution in [1.82, 2.24) is 4.90 Å². The maximum atomic E-state index is 9.56. The van der Waals surface area contributed by atoms with Gasteiger partial charge in [-0.05, 0) is 50.7 Å². The number of piperazine rings is 1. The van der Waals surface area contributed by atoms with Crippen molar-refractivity contribution in [2.24, 2.45) is 5.92 Å². The fourth-order valence-electron chi connectivity index (χ4n) is 3.42. The van der Waals surface area contributed by atoms with Crippen LogP contribution in [0, 0.1) is 5.92 Å². The summed E-state index contributed by atoms with van der Waals surface area (Å²) in [6.07, 6.45) is 4.21. The number of rotatable bonds is 4. The highest BCUT2D eigenvalue weighted by Gasteiger charge is 2.35. The Hall–Kier alpha value is -1.20. The maximum absolute atomic E-state index is 9.56. The Bertz CT molecular complexity index is 836. The Morgan fingerprint density at radius 2 is 1.52 bits per heavy atom. The second-order valence-electron chi connectivity index (χ2n) is 7.61. The van der Waals surface area contributed by atoms with E-state index in [0.29, 0.717) is 0 Å². The molecule has 2 heterocycles. The molecule has 8 nitrogen and oxygen atoms in total. The fourth-order valence-corrected chi connectivity index (χ4v) is 3.42. The summed E-state index contributed by atoms with van der Waals surface area (Å²) in [5.41, 5.74) is 3.05. The molecule has 1 saturated heterocycles. The molecule has 1 saturated carbocycles. The quantitative estimate of drug-likeness (QED) is 0.672. The highest BCUT2D eigenvalue weighted by Crippen LogP contribution is 2.35. The van der Waals surface area contributed by atoms with Crippen LogP contribution in [0.15, 0.2) is 24.3 Å². The molecule has 2 aliphatic heterocycles. The summed E-state index contributed by atoms with van der Waals surface area (Å²) in [4.78, 5) is 5.34. The van der Waals surface area contributed by atoms with E-state index in [2.05, 4.69) is 34.1 Å². The first-order chi connectivity index (χ1) is 13.5. The topological polar surface area (TPSA) is 115 Å². The number of hydrogen-bond acceptors (Lipinski definition) is 6. The van der Waals surface area contributed by atoms with Crippen molar-refractivity contribution in [3.05, 3.63) is 29.8 Å². The van der Waals surface area contributed by atoms with Crippen LogP contribution in [0.3, 0.4) is 0 Å². The molecule has 2 N–H and O–H groups in total. The average Bonchev–Trinajstić information content (AvgIpc) is 3.48. The zero-order valence-corrected chi connectivity index (χ0v) is 18.7. The minimum atomic E-state index is -3.66. The van der Waals surface area contributed by atoms with E-state index >= 15 is 0 Å². The van der Waals surface area contributed by atoms with Gasteiger partial charge in [-0.3, -0.25) is 14.0 Å². The second kappa shape index (κ2) is 10.2. The molecule has 1 unspecified atom stereocenters. The van der Waals surface area contributed by atoms with Crippen molar-refractivity contribution in [1.29, 1.82) is 0 Å². The van der Waals surface area contributed by atoms with Crippen molar-refractivity contribution < 1.29 is 25.9 Å². The standard InChI is InChI=1S/C15H20N2.2C2H6O3S/c1-2-4-15-13(3-1)9-14-11-17(15)8-7-16(14)10-12-5-6-12;2*1-2-6(3,4)5/h1-4,12,14H,5-11H2;2*2H2,1H3,(H,3,4,5). The van der Waals surface area contributed by atoms with Gasteiger partial charge in [0.1, 0.15) is 0 Å². The Morgan fingerprint density at radius 1 is 0.966 bits per heavy atom. The summed E-state index contributed by atoms with van der Waals surface area (Å²) >= 11 is 0. The van der Waals surface area contributed by atoms with Crippen LogP contribution in [-0.2, 0) is 26.7 Å². The number of fused-ring (bicyclic) bond motifs is 4. The van der Waals surface area contributed by atoms with Gasteiger partial charge in [0.25, 0.3) is 20.2 Å². The van der Waals surface area contributed by atoms with Crippen LogP contribution in [0.1, 0.15) is 32.3 Å². The Labute approximate surface area is 174 Å². The Kier molecular flexibility index (Phi) is 8.48. The molecule has 4 rings (SSSR count). The molecule has 10 heteroatoms. The molecule has 0 spiro atoms. The van der Waals surface area contributed by atoms with Gasteiger partial charge in [0.05, 0.1) is 11.5 Å². The average molecular weight is 449 g/mol. The monoisotopic (exact) mass is 448 g/mol. The van der Waals surface area contributed by atoms with E-state index in [9.17, 15) is 16.8 Å². The van der Waals surface area contributed by atoms with Crippen molar-refractivity contribution in [3.8, 4) is 0 Å². The number of hydrogen-bond donors (Lipinski definition) is 2. The van der Waals surface area contributed by atoms with Crippen LogP contribution in [0.25, 0.3) is 0 Å². The van der Waals surface area contributed by atoms with E-state index < -0.39 is 20.2 Å². The first-order valence-corrected chi connectivity index (χ1v) is 13.2. The fraction of sp³-hybridized carbons (Fsp3) is 0.684. The molecule has 0 aromatic heterocycles. The van der Waals surface area contributed by atoms with Crippen LogP contribution >= 0.6 is 0 Å². The summed E-state index contributed by atoms with van der Waals surface area (Å²) in [5.74, 6) is 0.624. The number of para-hydroxylation sites is 1. The van der Waals surface area contributed by atoms with Gasteiger partial charge in [0.2, 0.25) is 0 Å². The minimum absolute atomic E-state index is 0.201. The van der Waals surface area contributed by atoms with Gasteiger partial charge in [-0.25, -0.2) is 0 Å². The maximum Gasteiger partial charge on any atom is 0.264 e. The summed E-state index contributed by atoms with van der Waals surface area (Å²) < 4.78 is 53.8. The van der Waals surface area contributed by atoms with Gasteiger partial charge in [0.15, 0.2) is 0 Å². The predicted molar refractivity (Wildman–Crippen MR) is 115 cm³/mol. The van der Waals surface area contributed by atoms with Crippen LogP contribution in [-0.4, -0.2) is 74.6 Å². The molecule has 2 bridgehead atoms. The molecule has 3 aliphatic rings. The van der Waals surface area contributed by atoms with E-state index in [-0.39, 0.29) is 11.5 Å². The third-order valence-electron chi connectivity index (χ3n) is 5.31. The van der Waals surface area contributed by atoms with Gasteiger partial charge in [-0.1, -0.05) is 18.2 Å². The molecule has 166 valence electrons. The van der Waals surface area contributed by atoms with Crippen LogP contribution < -0.4 is 4.90 Å². The van der Waals surface area contributed by atoms with Crippen molar-refractivity contribution in [2.45, 2.75) is 39.2 Å². The molecular weight excluding hydrogens is 416 g/mol. The number of anilines is 1. The molecule has 1 aromatic rings. The highest BCUT2D eigenvalue weighted by molar-refractivity contribution is 7.85. The van der Waals surface area contributed by atoms with E-state index in [1.807, 2.05) is 0 Å². The number of benzene rings is 1. The second-order valence-corrected chi connectivity index (χ2v) is 11.1. The van der Waals surface area contributed by atoms with Crippen molar-refractivity contribution >= 4 is 25.9 Å². The summed E-state index contributed by atoms with van der Waals surface area (Å²) in [6, 6.07) is 9.75. The summed E-state index contributed by atoms with van der Waals surface area (Å²) in [6.45, 7) is 7.85. The smallest absolute Gasteiger partial charge is 0.264 e. The Balaban J connectivity index is 0.000000210. The van der Waals surface area contributed by atoms with E-state index in [4.69, 9.17) is 9.11 Å². The first kappa shape index (κ1) is 24.1. The van der Waals surface area contributed by atoms with Gasteiger partial charge in [-0.15, -0.1) is 0 Å². The van der Waals surface area contributed by atoms with E-state index in [1.54, 1.807) is 5.56 Å². The molecule has 1 atom stereocenters. The minimum Gasteiger partial charge on any atom is -0.368 e. The first-order valence-electron chi connectivity index (χ1n) is 9.99. The summed E-state index contributed by atoms with van der Waals surface area (Å²) in [7, 11) is -7.32. The van der Waals surface area contributed by atoms with Crippen LogP contribution in [0.5, 0.6) is 0 Å². The van der Waals surface area contributed by atoms with Gasteiger partial charge >= 0.3 is 0 Å². The lowest BCUT2D eigenvalue weighted by Gasteiger charge is -2.47. The third-order valence-corrected chi connectivity index (χ3v) is 6.77. The highest BCUT2D eigenvalue weighted by atomic mass is 32.2. The lowest BCUT2D eigenvalue weighted by molar-refractivity contribution is 0.162. The summed E-state index contributed by atoms with van der Waals surface area (Å²) in [5, 5.41) is 0. The molecule has 29 heavy (non-hydrogen) atoms. The zero-order valence-electron chi connectivity index (χ0n) is 17.1. The molecule has 1 aliphatic carbocycles. The molecule has 2 fully saturated rings. The van der Waals surface area contributed by atoms with E-state index in [0.717, 1.165) is 12.0 Å². The lowest BCUT2D eigenvalue weighted by Crippen LogP contribution is -2.57. The number of nitrogens with zero attached hydrogens (tertiary/aromatic N) is 2. The normalized spacial score (nSPS) is 21.2. The van der Waals surface area contributed by atoms with Crippen LogP contribution in [0.2, 0.25) is 0 Å². The molecule has 0 radical (unpaired) electrons. The molecule has 0 amide bonds.